The number of nitrogen functional groups attached to an aromatic ring is 1. The van der Waals surface area contributed by atoms with Crippen molar-refractivity contribution in [3.05, 3.63) is 107 Å². The van der Waals surface area contributed by atoms with Crippen molar-refractivity contribution in [3.63, 3.8) is 0 Å². The second-order valence-corrected chi connectivity index (χ2v) is 20.8. The molecule has 1 spiro atoms. The van der Waals surface area contributed by atoms with E-state index in [1.807, 2.05) is 55.5 Å². The summed E-state index contributed by atoms with van der Waals surface area (Å²) in [5.41, 5.74) is 13.9. The first-order valence-corrected chi connectivity index (χ1v) is 26.2. The number of benzene rings is 2. The van der Waals surface area contributed by atoms with Crippen molar-refractivity contribution in [1.82, 2.24) is 49.9 Å². The van der Waals surface area contributed by atoms with Crippen molar-refractivity contribution < 1.29 is 31.8 Å². The number of fused-ring (bicyclic) bond motifs is 4. The Morgan fingerprint density at radius 2 is 1.81 bits per heavy atom. The maximum Gasteiger partial charge on any atom is 0.418 e. The van der Waals surface area contributed by atoms with Crippen LogP contribution in [0, 0.1) is 12.7 Å². The molecule has 23 heteroatoms. The molecule has 1 amide bonds. The first-order chi connectivity index (χ1) is 37.0. The van der Waals surface area contributed by atoms with Gasteiger partial charge in [0.2, 0.25) is 5.91 Å². The van der Waals surface area contributed by atoms with Gasteiger partial charge in [-0.2, -0.15) is 28.2 Å². The topological polar surface area (TPSA) is 210 Å². The number of piperidine rings is 1. The highest BCUT2D eigenvalue weighted by Crippen LogP contribution is 2.48. The zero-order valence-corrected chi connectivity index (χ0v) is 43.6. The number of anilines is 5. The van der Waals surface area contributed by atoms with E-state index in [2.05, 4.69) is 63.5 Å². The number of carbonyl (C=O) groups excluding carboxylic acids is 1. The predicted octanol–water partition coefficient (Wildman–Crippen LogP) is 8.35. The third-order valence-electron chi connectivity index (χ3n) is 15.6. The third kappa shape index (κ3) is 9.64. The number of ether oxygens (including phenoxy) is 2. The van der Waals surface area contributed by atoms with Gasteiger partial charge in [0.25, 0.3) is 0 Å². The lowest BCUT2D eigenvalue weighted by molar-refractivity contribution is -0.137. The number of piperazine rings is 1. The lowest BCUT2D eigenvalue weighted by Gasteiger charge is -2.41. The SMILES string of the molecule is C=CC(=O)N1CCN(c2nc(OCC3CCCN3C)nc3c(F)c(-c4nc(N)cc(C)c4C(F)(F)F)c(Cl)cc23)C(C)C1.NC1c2ccccc2OC12CCN(c1cnc3c(N4CCCc5ncccc54)n[nH]c3n1)CC2. The van der Waals surface area contributed by atoms with Gasteiger partial charge in [0.1, 0.15) is 40.9 Å². The molecule has 77 heavy (non-hydrogen) atoms. The van der Waals surface area contributed by atoms with Gasteiger partial charge in [-0.15, -0.1) is 0 Å². The Hall–Kier alpha value is -7.43. The number of halogens is 5. The minimum Gasteiger partial charge on any atom is -0.485 e. The molecule has 5 aromatic heterocycles. The van der Waals surface area contributed by atoms with Crippen molar-refractivity contribution >= 4 is 68.5 Å². The first-order valence-electron chi connectivity index (χ1n) is 25.8. The number of carbonyl (C=O) groups is 1. The fourth-order valence-corrected chi connectivity index (χ4v) is 11.8. The minimum atomic E-state index is -4.86. The third-order valence-corrected chi connectivity index (χ3v) is 15.9. The van der Waals surface area contributed by atoms with Crippen LogP contribution in [-0.4, -0.2) is 133 Å². The van der Waals surface area contributed by atoms with Crippen LogP contribution in [0.15, 0.2) is 73.6 Å². The minimum absolute atomic E-state index is 0.100. The highest BCUT2D eigenvalue weighted by Gasteiger charge is 2.48. The Morgan fingerprint density at radius 1 is 1.00 bits per heavy atom. The normalized spacial score (nSPS) is 20.2. The Labute approximate surface area is 446 Å². The summed E-state index contributed by atoms with van der Waals surface area (Å²) in [6.07, 6.45) is 5.70. The molecule has 0 bridgehead atoms. The molecule has 3 fully saturated rings. The molecule has 18 nitrogen and oxygen atoms in total. The number of aryl methyl sites for hydroxylation is 2. The van der Waals surface area contributed by atoms with Gasteiger partial charge in [0, 0.05) is 81.3 Å². The number of aromatic nitrogens is 8. The summed E-state index contributed by atoms with van der Waals surface area (Å²) in [4.78, 5) is 49.4. The lowest BCUT2D eigenvalue weighted by Crippen LogP contribution is -2.53. The standard InChI is InChI=1S/C29H32ClF4N7O2.C25H26N8O/c1-5-21(42)40-9-10-41(16(3)13-40)27-18-12-19(30)22(26-23(29(32,33)34)15(2)11-20(35)36-26)24(31)25(18)37-28(38-27)43-14-17-7-6-8-39(17)4;26-22-16-5-1-2-8-19(16)34-25(22)9-13-32(14-10-25)20-15-28-21-23(29-20)30-31-24(21)33-12-4-6-17-18(33)7-3-11-27-17/h5,11-12,16-17H,1,6-10,13-14H2,2-4H3,(H2,35,36);1-3,5,7-8,11,15,22H,4,6,9-10,12-14,26H2,(H,29,30,31). The number of alkyl halides is 3. The fraction of sp³-hybridized carbons (Fsp3) is 0.407. The molecule has 12 rings (SSSR count). The summed E-state index contributed by atoms with van der Waals surface area (Å²) in [7, 11) is 1.98. The molecule has 0 saturated carbocycles. The average Bonchev–Trinajstić information content (AvgIpc) is 4.13. The summed E-state index contributed by atoms with van der Waals surface area (Å²) in [6, 6.07) is 14.2. The monoisotopic (exact) mass is 1080 g/mol. The van der Waals surface area contributed by atoms with Gasteiger partial charge in [0.05, 0.1) is 45.5 Å². The predicted molar refractivity (Wildman–Crippen MR) is 286 cm³/mol. The van der Waals surface area contributed by atoms with Crippen LogP contribution in [0.1, 0.15) is 67.5 Å². The molecule has 7 aromatic rings. The molecule has 0 radical (unpaired) electrons. The van der Waals surface area contributed by atoms with E-state index in [-0.39, 0.29) is 75.4 Å². The summed E-state index contributed by atoms with van der Waals surface area (Å²) in [5, 5.41) is 7.56. The van der Waals surface area contributed by atoms with Crippen LogP contribution in [0.5, 0.6) is 11.8 Å². The lowest BCUT2D eigenvalue weighted by atomic mass is 9.83. The summed E-state index contributed by atoms with van der Waals surface area (Å²) < 4.78 is 71.4. The number of hydrogen-bond acceptors (Lipinski definition) is 16. The number of aromatic amines is 1. The first kappa shape index (κ1) is 51.7. The molecule has 10 heterocycles. The Balaban J connectivity index is 0.000000168. The maximum atomic E-state index is 16.5. The second kappa shape index (κ2) is 20.5. The molecule has 402 valence electrons. The number of rotatable bonds is 8. The molecule has 5 aliphatic heterocycles. The van der Waals surface area contributed by atoms with Gasteiger partial charge in [-0.3, -0.25) is 14.9 Å². The second-order valence-electron chi connectivity index (χ2n) is 20.3. The molecule has 5 N–H and O–H groups in total. The van der Waals surface area contributed by atoms with Gasteiger partial charge >= 0.3 is 12.2 Å². The van der Waals surface area contributed by atoms with Crippen molar-refractivity contribution in [2.45, 2.75) is 82.3 Å². The number of nitrogens with zero attached hydrogens (tertiary/aromatic N) is 12. The number of likely N-dealkylation sites (N-methyl/N-ethyl adjacent to an activating group) is 1. The molecular weight excluding hydrogens is 1020 g/mol. The van der Waals surface area contributed by atoms with E-state index in [0.717, 1.165) is 111 Å². The van der Waals surface area contributed by atoms with E-state index in [9.17, 15) is 18.0 Å². The summed E-state index contributed by atoms with van der Waals surface area (Å²) in [6.45, 7) is 11.4. The number of H-pyrrole nitrogens is 1. The van der Waals surface area contributed by atoms with Crippen molar-refractivity contribution in [3.8, 4) is 23.0 Å². The van der Waals surface area contributed by atoms with Crippen molar-refractivity contribution in [2.75, 3.05) is 79.9 Å². The van der Waals surface area contributed by atoms with Crippen LogP contribution in [0.4, 0.5) is 46.5 Å². The molecule has 2 aromatic carbocycles. The zero-order chi connectivity index (χ0) is 53.9. The van der Waals surface area contributed by atoms with Crippen molar-refractivity contribution in [1.29, 1.82) is 0 Å². The van der Waals surface area contributed by atoms with E-state index < -0.39 is 28.8 Å². The van der Waals surface area contributed by atoms with Crippen LogP contribution in [0.3, 0.4) is 0 Å². The molecule has 3 unspecified atom stereocenters. The summed E-state index contributed by atoms with van der Waals surface area (Å²) in [5.74, 6) is 1.33. The van der Waals surface area contributed by atoms with Gasteiger partial charge in [-0.1, -0.05) is 36.4 Å². The highest BCUT2D eigenvalue weighted by molar-refractivity contribution is 6.34. The molecule has 3 atom stereocenters. The molecule has 0 aliphatic carbocycles. The van der Waals surface area contributed by atoms with E-state index >= 15 is 4.39 Å². The van der Waals surface area contributed by atoms with Crippen molar-refractivity contribution in [2.24, 2.45) is 5.73 Å². The number of hydrogen-bond donors (Lipinski definition) is 3. The average molecular weight is 1080 g/mol. The van der Waals surface area contributed by atoms with Crippen LogP contribution < -0.4 is 35.6 Å². The largest absolute Gasteiger partial charge is 0.485 e. The zero-order valence-electron chi connectivity index (χ0n) is 42.8. The van der Waals surface area contributed by atoms with Gasteiger partial charge in [-0.05, 0) is 95.1 Å². The number of nitrogens with one attached hydrogen (secondary N) is 1. The fourth-order valence-electron chi connectivity index (χ4n) is 11.5. The number of amides is 1. The molecule has 3 saturated heterocycles. The number of likely N-dealkylation sites (tertiary alicyclic amines) is 1. The van der Waals surface area contributed by atoms with Gasteiger partial charge < -0.3 is 45.4 Å². The number of para-hydroxylation sites is 1. The molecule has 5 aliphatic rings. The summed E-state index contributed by atoms with van der Waals surface area (Å²) >= 11 is 6.54. The highest BCUT2D eigenvalue weighted by atomic mass is 35.5. The van der Waals surface area contributed by atoms with E-state index in [1.165, 1.54) is 19.1 Å². The maximum absolute atomic E-state index is 16.5. The van der Waals surface area contributed by atoms with Gasteiger partial charge in [-0.25, -0.2) is 19.3 Å². The van der Waals surface area contributed by atoms with Crippen LogP contribution in [0.25, 0.3) is 33.3 Å². The Morgan fingerprint density at radius 3 is 2.55 bits per heavy atom. The molecular formula is C54H58ClF4N15O3. The quantitative estimate of drug-likeness (QED) is 0.0965. The van der Waals surface area contributed by atoms with E-state index in [1.54, 1.807) is 4.90 Å². The van der Waals surface area contributed by atoms with E-state index in [0.29, 0.717) is 25.3 Å². The van der Waals surface area contributed by atoms with Gasteiger partial charge in [0.15, 0.2) is 22.8 Å². The van der Waals surface area contributed by atoms with Crippen LogP contribution in [0.2, 0.25) is 5.02 Å². The number of nitrogens with two attached hydrogens (primary N) is 2. The van der Waals surface area contributed by atoms with E-state index in [4.69, 9.17) is 42.5 Å². The number of pyridine rings is 2. The van der Waals surface area contributed by atoms with Crippen LogP contribution in [-0.2, 0) is 17.4 Å². The Kier molecular flexibility index (Phi) is 13.8. The Bertz CT molecular complexity index is 3410. The smallest absolute Gasteiger partial charge is 0.418 e. The van der Waals surface area contributed by atoms with Crippen LogP contribution >= 0.6 is 11.6 Å².